The van der Waals surface area contributed by atoms with Crippen LogP contribution in [0.2, 0.25) is 0 Å². The molecular formula is C23H28N2O4. The van der Waals surface area contributed by atoms with Gasteiger partial charge < -0.3 is 19.7 Å². The summed E-state index contributed by atoms with van der Waals surface area (Å²) in [5.41, 5.74) is 2.61. The van der Waals surface area contributed by atoms with E-state index < -0.39 is 0 Å². The molecule has 6 nitrogen and oxygen atoms in total. The van der Waals surface area contributed by atoms with E-state index in [1.165, 1.54) is 0 Å². The summed E-state index contributed by atoms with van der Waals surface area (Å²) in [6, 6.07) is 13.4. The number of methoxy groups -OCH3 is 2. The summed E-state index contributed by atoms with van der Waals surface area (Å²) >= 11 is 0. The zero-order valence-electron chi connectivity index (χ0n) is 17.2. The van der Waals surface area contributed by atoms with Gasteiger partial charge in [0.25, 0.3) is 5.91 Å². The first-order chi connectivity index (χ1) is 14.0. The number of nitrogens with one attached hydrogen (secondary N) is 1. The SMILES string of the molecule is CNC(=O)c1ccc(CN(C(=O)CCc2cc(OC)ccc2OC)C2CC2)cc1. The molecule has 1 saturated carbocycles. The molecule has 0 heterocycles. The average molecular weight is 396 g/mol. The van der Waals surface area contributed by atoms with Gasteiger partial charge in [-0.2, -0.15) is 0 Å². The van der Waals surface area contributed by atoms with Crippen LogP contribution >= 0.6 is 0 Å². The lowest BCUT2D eigenvalue weighted by atomic mass is 10.1. The molecule has 3 rings (SSSR count). The second kappa shape index (κ2) is 9.45. The Morgan fingerprint density at radius 2 is 1.79 bits per heavy atom. The van der Waals surface area contributed by atoms with Gasteiger partial charge in [-0.15, -0.1) is 0 Å². The lowest BCUT2D eigenvalue weighted by Gasteiger charge is -2.23. The first kappa shape index (κ1) is 20.7. The third kappa shape index (κ3) is 5.28. The van der Waals surface area contributed by atoms with Crippen LogP contribution in [0.25, 0.3) is 0 Å². The summed E-state index contributed by atoms with van der Waals surface area (Å²) in [5, 5.41) is 2.62. The second-order valence-electron chi connectivity index (χ2n) is 7.21. The van der Waals surface area contributed by atoms with Crippen LogP contribution in [-0.4, -0.2) is 44.0 Å². The van der Waals surface area contributed by atoms with Crippen molar-refractivity contribution in [2.75, 3.05) is 21.3 Å². The Balaban J connectivity index is 1.65. The summed E-state index contributed by atoms with van der Waals surface area (Å²) in [7, 11) is 4.87. The molecule has 0 unspecified atom stereocenters. The van der Waals surface area contributed by atoms with Crippen molar-refractivity contribution in [3.8, 4) is 11.5 Å². The van der Waals surface area contributed by atoms with Gasteiger partial charge in [-0.25, -0.2) is 0 Å². The molecule has 0 aromatic heterocycles. The van der Waals surface area contributed by atoms with Gasteiger partial charge in [0.1, 0.15) is 11.5 Å². The highest BCUT2D eigenvalue weighted by Gasteiger charge is 2.32. The van der Waals surface area contributed by atoms with Crippen molar-refractivity contribution in [3.63, 3.8) is 0 Å². The molecule has 0 atom stereocenters. The van der Waals surface area contributed by atoms with Crippen molar-refractivity contribution in [1.82, 2.24) is 10.2 Å². The van der Waals surface area contributed by atoms with E-state index in [4.69, 9.17) is 9.47 Å². The molecule has 0 saturated heterocycles. The largest absolute Gasteiger partial charge is 0.497 e. The predicted molar refractivity (Wildman–Crippen MR) is 111 cm³/mol. The molecule has 154 valence electrons. The van der Waals surface area contributed by atoms with Crippen molar-refractivity contribution in [1.29, 1.82) is 0 Å². The summed E-state index contributed by atoms with van der Waals surface area (Å²) in [4.78, 5) is 26.6. The van der Waals surface area contributed by atoms with Crippen molar-refractivity contribution < 1.29 is 19.1 Å². The molecule has 2 aromatic carbocycles. The minimum Gasteiger partial charge on any atom is -0.497 e. The van der Waals surface area contributed by atoms with E-state index in [1.54, 1.807) is 33.4 Å². The minimum atomic E-state index is -0.112. The van der Waals surface area contributed by atoms with Gasteiger partial charge in [0.2, 0.25) is 5.91 Å². The lowest BCUT2D eigenvalue weighted by Crippen LogP contribution is -2.32. The second-order valence-corrected chi connectivity index (χ2v) is 7.21. The maximum atomic E-state index is 13.0. The van der Waals surface area contributed by atoms with Crippen LogP contribution in [0.15, 0.2) is 42.5 Å². The first-order valence-electron chi connectivity index (χ1n) is 9.87. The van der Waals surface area contributed by atoms with Crippen LogP contribution in [0.4, 0.5) is 0 Å². The third-order valence-electron chi connectivity index (χ3n) is 5.20. The molecule has 1 aliphatic carbocycles. The summed E-state index contributed by atoms with van der Waals surface area (Å²) in [5.74, 6) is 1.54. The number of ether oxygens (including phenoxy) is 2. The summed E-state index contributed by atoms with van der Waals surface area (Å²) < 4.78 is 10.7. The Bertz CT molecular complexity index is 860. The highest BCUT2D eigenvalue weighted by molar-refractivity contribution is 5.93. The van der Waals surface area contributed by atoms with Gasteiger partial charge in [-0.05, 0) is 60.7 Å². The molecule has 0 radical (unpaired) electrons. The number of hydrogen-bond acceptors (Lipinski definition) is 4. The Morgan fingerprint density at radius 3 is 2.38 bits per heavy atom. The average Bonchev–Trinajstić information content (AvgIpc) is 3.60. The van der Waals surface area contributed by atoms with Crippen molar-refractivity contribution in [2.45, 2.75) is 38.3 Å². The molecule has 29 heavy (non-hydrogen) atoms. The summed E-state index contributed by atoms with van der Waals surface area (Å²) in [6.07, 6.45) is 3.10. The zero-order chi connectivity index (χ0) is 20.8. The molecule has 0 aliphatic heterocycles. The van der Waals surface area contributed by atoms with Gasteiger partial charge in [-0.3, -0.25) is 9.59 Å². The fourth-order valence-corrected chi connectivity index (χ4v) is 3.37. The van der Waals surface area contributed by atoms with Crippen LogP contribution in [-0.2, 0) is 17.8 Å². The number of aryl methyl sites for hydroxylation is 1. The van der Waals surface area contributed by atoms with E-state index in [0.717, 1.165) is 35.5 Å². The fourth-order valence-electron chi connectivity index (χ4n) is 3.37. The highest BCUT2D eigenvalue weighted by Crippen LogP contribution is 2.30. The molecule has 0 bridgehead atoms. The van der Waals surface area contributed by atoms with Gasteiger partial charge in [0.15, 0.2) is 0 Å². The van der Waals surface area contributed by atoms with Crippen LogP contribution in [0.1, 0.15) is 40.7 Å². The van der Waals surface area contributed by atoms with E-state index in [2.05, 4.69) is 5.32 Å². The number of carbonyl (C=O) groups excluding carboxylic acids is 2. The normalized spacial score (nSPS) is 12.9. The lowest BCUT2D eigenvalue weighted by molar-refractivity contribution is -0.132. The van der Waals surface area contributed by atoms with E-state index in [1.807, 2.05) is 35.2 Å². The number of hydrogen-bond donors (Lipinski definition) is 1. The standard InChI is InChI=1S/C23H28N2O4/c1-24-23(27)17-6-4-16(5-7-17)15-25(19-9-10-19)22(26)13-8-18-14-20(28-2)11-12-21(18)29-3/h4-7,11-12,14,19H,8-10,13,15H2,1-3H3,(H,24,27). The van der Waals surface area contributed by atoms with Crippen LogP contribution in [0, 0.1) is 0 Å². The molecule has 0 spiro atoms. The first-order valence-corrected chi connectivity index (χ1v) is 9.87. The van der Waals surface area contributed by atoms with Gasteiger partial charge in [-0.1, -0.05) is 12.1 Å². The van der Waals surface area contributed by atoms with Gasteiger partial charge in [0, 0.05) is 31.6 Å². The van der Waals surface area contributed by atoms with E-state index in [-0.39, 0.29) is 11.8 Å². The number of rotatable bonds is 9. The smallest absolute Gasteiger partial charge is 0.251 e. The maximum Gasteiger partial charge on any atom is 0.251 e. The van der Waals surface area contributed by atoms with Gasteiger partial charge >= 0.3 is 0 Å². The van der Waals surface area contributed by atoms with Gasteiger partial charge in [0.05, 0.1) is 14.2 Å². The molecule has 6 heteroatoms. The predicted octanol–water partition coefficient (Wildman–Crippen LogP) is 3.19. The molecular weight excluding hydrogens is 368 g/mol. The van der Waals surface area contributed by atoms with E-state index in [9.17, 15) is 9.59 Å². The summed E-state index contributed by atoms with van der Waals surface area (Å²) in [6.45, 7) is 0.562. The molecule has 1 fully saturated rings. The van der Waals surface area contributed by atoms with Crippen molar-refractivity contribution >= 4 is 11.8 Å². The quantitative estimate of drug-likeness (QED) is 0.707. The van der Waals surface area contributed by atoms with Crippen LogP contribution in [0.5, 0.6) is 11.5 Å². The Kier molecular flexibility index (Phi) is 6.75. The number of benzene rings is 2. The van der Waals surface area contributed by atoms with Crippen LogP contribution in [0.3, 0.4) is 0 Å². The van der Waals surface area contributed by atoms with E-state index in [0.29, 0.717) is 31.0 Å². The molecule has 2 aromatic rings. The highest BCUT2D eigenvalue weighted by atomic mass is 16.5. The number of amides is 2. The monoisotopic (exact) mass is 396 g/mol. The Labute approximate surface area is 171 Å². The molecule has 1 N–H and O–H groups in total. The maximum absolute atomic E-state index is 13.0. The fraction of sp³-hybridized carbons (Fsp3) is 0.391. The zero-order valence-corrected chi connectivity index (χ0v) is 17.2. The number of carbonyl (C=O) groups is 2. The Hall–Kier alpha value is -3.02. The number of nitrogens with zero attached hydrogens (tertiary/aromatic N) is 1. The van der Waals surface area contributed by atoms with Crippen molar-refractivity contribution in [2.24, 2.45) is 0 Å². The van der Waals surface area contributed by atoms with Crippen LogP contribution < -0.4 is 14.8 Å². The topological polar surface area (TPSA) is 67.9 Å². The molecule has 2 amide bonds. The Morgan fingerprint density at radius 1 is 1.07 bits per heavy atom. The molecule has 1 aliphatic rings. The third-order valence-corrected chi connectivity index (χ3v) is 5.20. The van der Waals surface area contributed by atoms with E-state index >= 15 is 0 Å². The van der Waals surface area contributed by atoms with Crippen molar-refractivity contribution in [3.05, 3.63) is 59.2 Å². The minimum absolute atomic E-state index is 0.112.